The normalized spacial score (nSPS) is 14.6. The number of halogens is 4. The first-order valence-electron chi connectivity index (χ1n) is 9.39. The average molecular weight is 473 g/mol. The number of nitrogens with zero attached hydrogens (tertiary/aromatic N) is 2. The highest BCUT2D eigenvalue weighted by atomic mass is 35.5. The predicted molar refractivity (Wildman–Crippen MR) is 121 cm³/mol. The molecule has 160 valence electrons. The van der Waals surface area contributed by atoms with E-state index in [-0.39, 0.29) is 18.2 Å². The lowest BCUT2D eigenvalue weighted by Crippen LogP contribution is -2.47. The fraction of sp³-hybridized carbons (Fsp3) is 0.286. The van der Waals surface area contributed by atoms with Crippen molar-refractivity contribution in [2.45, 2.75) is 6.42 Å². The molecule has 0 radical (unpaired) electrons. The second-order valence-electron chi connectivity index (χ2n) is 7.03. The third-order valence-corrected chi connectivity index (χ3v) is 5.53. The van der Waals surface area contributed by atoms with Crippen LogP contribution in [0.1, 0.15) is 5.76 Å². The molecular weight excluding hydrogens is 452 g/mol. The quantitative estimate of drug-likeness (QED) is 0.576. The monoisotopic (exact) mass is 471 g/mol. The summed E-state index contributed by atoms with van der Waals surface area (Å²) in [6.45, 7) is 4.24. The average Bonchev–Trinajstić information content (AvgIpc) is 3.07. The number of oxazole rings is 1. The van der Waals surface area contributed by atoms with Crippen LogP contribution in [0.4, 0.5) is 10.1 Å². The minimum Gasteiger partial charge on any atom is -0.412 e. The van der Waals surface area contributed by atoms with E-state index in [1.165, 1.54) is 12.1 Å². The summed E-state index contributed by atoms with van der Waals surface area (Å²) in [5.41, 5.74) is 2.37. The molecule has 0 aliphatic carbocycles. The van der Waals surface area contributed by atoms with Gasteiger partial charge in [0.2, 0.25) is 0 Å². The number of H-pyrrole nitrogens is 1. The molecule has 5 nitrogen and oxygen atoms in total. The zero-order chi connectivity index (χ0) is 20.4. The van der Waals surface area contributed by atoms with Gasteiger partial charge in [0.1, 0.15) is 11.6 Å². The van der Waals surface area contributed by atoms with E-state index >= 15 is 0 Å². The fourth-order valence-electron chi connectivity index (χ4n) is 3.60. The highest BCUT2D eigenvalue weighted by molar-refractivity contribution is 6.35. The third kappa shape index (κ3) is 5.38. The molecule has 0 atom stereocenters. The minimum atomic E-state index is -0.498. The summed E-state index contributed by atoms with van der Waals surface area (Å²) >= 11 is 12.2. The van der Waals surface area contributed by atoms with Gasteiger partial charge in [0.05, 0.1) is 5.69 Å². The molecule has 3 aromatic rings. The van der Waals surface area contributed by atoms with E-state index in [0.717, 1.165) is 44.0 Å². The lowest BCUT2D eigenvalue weighted by Gasteiger charge is -2.36. The number of benzene rings is 2. The fourth-order valence-corrected chi connectivity index (χ4v) is 4.11. The molecule has 2 aromatic carbocycles. The second-order valence-corrected chi connectivity index (χ2v) is 7.90. The number of hydrogen-bond donors (Lipinski definition) is 1. The topological polar surface area (TPSA) is 52.5 Å². The Morgan fingerprint density at radius 2 is 1.63 bits per heavy atom. The Morgan fingerprint density at radius 3 is 2.27 bits per heavy atom. The number of anilines is 1. The van der Waals surface area contributed by atoms with Crippen molar-refractivity contribution in [3.05, 3.63) is 74.6 Å². The molecule has 9 heteroatoms. The Morgan fingerprint density at radius 1 is 1.00 bits per heavy atom. The Hall–Kier alpha value is -1.99. The smallest absolute Gasteiger partial charge is 0.412 e. The Bertz CT molecular complexity index is 1020. The number of rotatable bonds is 5. The van der Waals surface area contributed by atoms with Crippen molar-refractivity contribution in [1.82, 2.24) is 9.88 Å². The summed E-state index contributed by atoms with van der Waals surface area (Å²) in [5.74, 6) is -0.229. The summed E-state index contributed by atoms with van der Waals surface area (Å²) < 4.78 is 18.5. The first kappa shape index (κ1) is 22.7. The van der Waals surface area contributed by atoms with Gasteiger partial charge in [-0.2, -0.15) is 0 Å². The van der Waals surface area contributed by atoms with Crippen LogP contribution in [-0.2, 0) is 6.42 Å². The zero-order valence-electron chi connectivity index (χ0n) is 16.0. The van der Waals surface area contributed by atoms with Gasteiger partial charge in [-0.15, -0.1) is 12.4 Å². The predicted octanol–water partition coefficient (Wildman–Crippen LogP) is 4.87. The second kappa shape index (κ2) is 9.88. The van der Waals surface area contributed by atoms with Gasteiger partial charge >= 0.3 is 5.76 Å². The lowest BCUT2D eigenvalue weighted by atomic mass is 10.1. The van der Waals surface area contributed by atoms with Crippen molar-refractivity contribution < 1.29 is 8.81 Å². The lowest BCUT2D eigenvalue weighted by molar-refractivity contribution is 0.254. The van der Waals surface area contributed by atoms with E-state index in [9.17, 15) is 9.18 Å². The molecule has 1 N–H and O–H groups in total. The van der Waals surface area contributed by atoms with E-state index in [1.807, 2.05) is 12.1 Å². The van der Waals surface area contributed by atoms with Crippen molar-refractivity contribution in [2.75, 3.05) is 37.6 Å². The van der Waals surface area contributed by atoms with Crippen LogP contribution in [0, 0.1) is 5.82 Å². The van der Waals surface area contributed by atoms with Gasteiger partial charge in [0, 0.05) is 60.4 Å². The van der Waals surface area contributed by atoms with E-state index in [1.54, 1.807) is 18.2 Å². The Balaban J connectivity index is 0.00000256. The number of aromatic nitrogens is 1. The molecule has 0 spiro atoms. The van der Waals surface area contributed by atoms with Gasteiger partial charge < -0.3 is 9.32 Å². The molecule has 0 amide bonds. The maximum Gasteiger partial charge on any atom is 0.416 e. The van der Waals surface area contributed by atoms with Crippen LogP contribution in [0.25, 0.3) is 11.3 Å². The molecule has 1 fully saturated rings. The van der Waals surface area contributed by atoms with Gasteiger partial charge in [-0.1, -0.05) is 23.2 Å². The molecule has 0 bridgehead atoms. The molecule has 0 unspecified atom stereocenters. The van der Waals surface area contributed by atoms with E-state index in [0.29, 0.717) is 27.9 Å². The van der Waals surface area contributed by atoms with Gasteiger partial charge in [-0.3, -0.25) is 9.88 Å². The van der Waals surface area contributed by atoms with Gasteiger partial charge in [-0.05, 0) is 42.5 Å². The van der Waals surface area contributed by atoms with Crippen molar-refractivity contribution in [2.24, 2.45) is 0 Å². The molecule has 1 aliphatic heterocycles. The first-order chi connectivity index (χ1) is 14.0. The summed E-state index contributed by atoms with van der Waals surface area (Å²) in [6.07, 6.45) is 0.592. The maximum absolute atomic E-state index is 13.2. The number of piperazine rings is 1. The minimum absolute atomic E-state index is 0. The number of aromatic amines is 1. The van der Waals surface area contributed by atoms with Crippen molar-refractivity contribution in [1.29, 1.82) is 0 Å². The SMILES string of the molecule is Cl.O=c1[nH]c(-c2ccc(F)cc2)c(CCN2CCN(c3cc(Cl)cc(Cl)c3)CC2)o1. The molecule has 4 rings (SSSR count). The van der Waals surface area contributed by atoms with Crippen molar-refractivity contribution in [3.8, 4) is 11.3 Å². The van der Waals surface area contributed by atoms with Crippen LogP contribution in [0.15, 0.2) is 51.7 Å². The van der Waals surface area contributed by atoms with Crippen LogP contribution in [0.3, 0.4) is 0 Å². The van der Waals surface area contributed by atoms with E-state index in [2.05, 4.69) is 14.8 Å². The molecule has 30 heavy (non-hydrogen) atoms. The van der Waals surface area contributed by atoms with Crippen LogP contribution in [-0.4, -0.2) is 42.6 Å². The molecule has 0 saturated carbocycles. The molecule has 1 aromatic heterocycles. The third-order valence-electron chi connectivity index (χ3n) is 5.09. The number of nitrogens with one attached hydrogen (secondary N) is 1. The highest BCUT2D eigenvalue weighted by Gasteiger charge is 2.19. The Kier molecular flexibility index (Phi) is 7.47. The maximum atomic E-state index is 13.2. The summed E-state index contributed by atoms with van der Waals surface area (Å²) in [5, 5.41) is 1.26. The van der Waals surface area contributed by atoms with Crippen molar-refractivity contribution >= 4 is 41.3 Å². The van der Waals surface area contributed by atoms with Gasteiger partial charge in [0.15, 0.2) is 0 Å². The van der Waals surface area contributed by atoms with Crippen molar-refractivity contribution in [3.63, 3.8) is 0 Å². The summed E-state index contributed by atoms with van der Waals surface area (Å²) in [6, 6.07) is 11.6. The summed E-state index contributed by atoms with van der Waals surface area (Å²) in [7, 11) is 0. The van der Waals surface area contributed by atoms with Crippen LogP contribution >= 0.6 is 35.6 Å². The highest BCUT2D eigenvalue weighted by Crippen LogP contribution is 2.26. The molecule has 1 saturated heterocycles. The first-order valence-corrected chi connectivity index (χ1v) is 10.1. The van der Waals surface area contributed by atoms with Crippen LogP contribution < -0.4 is 10.7 Å². The van der Waals surface area contributed by atoms with Gasteiger partial charge in [0.25, 0.3) is 0 Å². The van der Waals surface area contributed by atoms with Crippen LogP contribution in [0.5, 0.6) is 0 Å². The molecule has 2 heterocycles. The standard InChI is InChI=1S/C21H20Cl2FN3O2.ClH/c22-15-11-16(23)13-18(12-15)27-9-7-26(8-10-27)6-5-19-20(25-21(28)29-19)14-1-3-17(24)4-2-14;/h1-4,11-13H,5-10H2,(H,25,28);1H. The number of hydrogen-bond acceptors (Lipinski definition) is 4. The van der Waals surface area contributed by atoms with Crippen LogP contribution in [0.2, 0.25) is 10.0 Å². The largest absolute Gasteiger partial charge is 0.416 e. The van der Waals surface area contributed by atoms with E-state index < -0.39 is 5.76 Å². The zero-order valence-corrected chi connectivity index (χ0v) is 18.4. The Labute approximate surface area is 189 Å². The molecule has 1 aliphatic rings. The van der Waals surface area contributed by atoms with E-state index in [4.69, 9.17) is 27.6 Å². The van der Waals surface area contributed by atoms with Gasteiger partial charge in [-0.25, -0.2) is 9.18 Å². The molecular formula is C21H21Cl3FN3O2. The summed E-state index contributed by atoms with van der Waals surface area (Å²) in [4.78, 5) is 19.0.